The maximum absolute atomic E-state index is 5.95. The second-order valence-corrected chi connectivity index (χ2v) is 6.43. The molecule has 0 saturated heterocycles. The molecule has 6 nitrogen and oxygen atoms in total. The highest BCUT2D eigenvalue weighted by Crippen LogP contribution is 2.19. The molecule has 0 aromatic heterocycles. The molecule has 0 aliphatic rings. The zero-order valence-corrected chi connectivity index (χ0v) is 17.2. The van der Waals surface area contributed by atoms with E-state index in [1.54, 1.807) is 14.2 Å². The molecule has 0 bridgehead atoms. The second-order valence-electron chi connectivity index (χ2n) is 6.43. The molecule has 0 aliphatic carbocycles. The van der Waals surface area contributed by atoms with E-state index in [4.69, 9.17) is 14.2 Å². The van der Waals surface area contributed by atoms with E-state index in [2.05, 4.69) is 39.9 Å². The summed E-state index contributed by atoms with van der Waals surface area (Å²) in [7, 11) is 3.35. The van der Waals surface area contributed by atoms with E-state index in [1.807, 2.05) is 38.1 Å². The van der Waals surface area contributed by atoms with Gasteiger partial charge in [0, 0.05) is 19.7 Å². The molecule has 0 heterocycles. The lowest BCUT2D eigenvalue weighted by Gasteiger charge is -2.18. The lowest BCUT2D eigenvalue weighted by molar-refractivity contribution is 0.185. The SMILES string of the molecule is CCNC(=NCc1ccc(COC)cc1)NCC(C)Oc1cccc(OC)c1. The maximum Gasteiger partial charge on any atom is 0.191 e. The summed E-state index contributed by atoms with van der Waals surface area (Å²) in [5, 5.41) is 6.60. The highest BCUT2D eigenvalue weighted by atomic mass is 16.5. The molecule has 0 spiro atoms. The predicted octanol–water partition coefficient (Wildman–Crippen LogP) is 3.36. The number of ether oxygens (including phenoxy) is 3. The number of rotatable bonds is 10. The maximum atomic E-state index is 5.95. The molecule has 2 aromatic carbocycles. The van der Waals surface area contributed by atoms with Gasteiger partial charge in [0.05, 0.1) is 26.8 Å². The van der Waals surface area contributed by atoms with Crippen LogP contribution in [0.4, 0.5) is 0 Å². The van der Waals surface area contributed by atoms with Crippen molar-refractivity contribution in [3.8, 4) is 11.5 Å². The Morgan fingerprint density at radius 2 is 1.71 bits per heavy atom. The molecule has 0 amide bonds. The van der Waals surface area contributed by atoms with Crippen LogP contribution in [0.1, 0.15) is 25.0 Å². The van der Waals surface area contributed by atoms with Crippen LogP contribution in [0.25, 0.3) is 0 Å². The van der Waals surface area contributed by atoms with E-state index >= 15 is 0 Å². The first-order valence-corrected chi connectivity index (χ1v) is 9.54. The number of aliphatic imine (C=N–C) groups is 1. The van der Waals surface area contributed by atoms with Gasteiger partial charge in [-0.3, -0.25) is 0 Å². The minimum Gasteiger partial charge on any atom is -0.497 e. The average Bonchev–Trinajstić information content (AvgIpc) is 2.71. The Bertz CT molecular complexity index is 732. The zero-order chi connectivity index (χ0) is 20.2. The zero-order valence-electron chi connectivity index (χ0n) is 17.2. The Labute approximate surface area is 167 Å². The van der Waals surface area contributed by atoms with E-state index in [9.17, 15) is 0 Å². The third kappa shape index (κ3) is 7.48. The highest BCUT2D eigenvalue weighted by molar-refractivity contribution is 5.79. The first-order chi connectivity index (χ1) is 13.6. The fraction of sp³-hybridized carbons (Fsp3) is 0.409. The van der Waals surface area contributed by atoms with Crippen LogP contribution < -0.4 is 20.1 Å². The monoisotopic (exact) mass is 385 g/mol. The third-order valence-electron chi connectivity index (χ3n) is 4.03. The van der Waals surface area contributed by atoms with Crippen molar-refractivity contribution in [3.63, 3.8) is 0 Å². The summed E-state index contributed by atoms with van der Waals surface area (Å²) < 4.78 is 16.3. The Hall–Kier alpha value is -2.73. The molecule has 2 aromatic rings. The summed E-state index contributed by atoms with van der Waals surface area (Å²) in [5.74, 6) is 2.33. The molecule has 6 heteroatoms. The molecule has 1 atom stereocenters. The molecule has 0 fully saturated rings. The predicted molar refractivity (Wildman–Crippen MR) is 113 cm³/mol. The summed E-state index contributed by atoms with van der Waals surface area (Å²) in [4.78, 5) is 4.65. The van der Waals surface area contributed by atoms with Crippen molar-refractivity contribution in [2.45, 2.75) is 33.1 Å². The molecule has 28 heavy (non-hydrogen) atoms. The van der Waals surface area contributed by atoms with Gasteiger partial charge in [0.25, 0.3) is 0 Å². The van der Waals surface area contributed by atoms with Gasteiger partial charge in [0.2, 0.25) is 0 Å². The third-order valence-corrected chi connectivity index (χ3v) is 4.03. The van der Waals surface area contributed by atoms with Gasteiger partial charge in [-0.1, -0.05) is 30.3 Å². The van der Waals surface area contributed by atoms with Crippen LogP contribution in [0.3, 0.4) is 0 Å². The van der Waals surface area contributed by atoms with Crippen molar-refractivity contribution >= 4 is 5.96 Å². The molecular weight excluding hydrogens is 354 g/mol. The van der Waals surface area contributed by atoms with Crippen molar-refractivity contribution < 1.29 is 14.2 Å². The number of guanidine groups is 1. The fourth-order valence-electron chi connectivity index (χ4n) is 2.61. The largest absolute Gasteiger partial charge is 0.497 e. The number of nitrogens with zero attached hydrogens (tertiary/aromatic N) is 1. The van der Waals surface area contributed by atoms with Gasteiger partial charge in [-0.15, -0.1) is 0 Å². The van der Waals surface area contributed by atoms with E-state index < -0.39 is 0 Å². The molecule has 1 unspecified atom stereocenters. The number of methoxy groups -OCH3 is 2. The van der Waals surface area contributed by atoms with Gasteiger partial charge in [-0.05, 0) is 37.1 Å². The lowest BCUT2D eigenvalue weighted by atomic mass is 10.1. The number of hydrogen-bond donors (Lipinski definition) is 2. The normalized spacial score (nSPS) is 12.4. The summed E-state index contributed by atoms with van der Waals surface area (Å²) in [6.07, 6.45) is -0.0238. The minimum atomic E-state index is -0.0238. The molecule has 152 valence electrons. The van der Waals surface area contributed by atoms with Crippen LogP contribution in [-0.4, -0.2) is 39.4 Å². The van der Waals surface area contributed by atoms with Crippen molar-refractivity contribution in [2.24, 2.45) is 4.99 Å². The van der Waals surface area contributed by atoms with Crippen LogP contribution in [-0.2, 0) is 17.9 Å². The van der Waals surface area contributed by atoms with Gasteiger partial charge in [0.1, 0.15) is 17.6 Å². The van der Waals surface area contributed by atoms with E-state index in [0.717, 1.165) is 35.1 Å². The van der Waals surface area contributed by atoms with E-state index in [1.165, 1.54) is 0 Å². The van der Waals surface area contributed by atoms with Crippen molar-refractivity contribution in [3.05, 3.63) is 59.7 Å². The number of benzene rings is 2. The molecular formula is C22H31N3O3. The summed E-state index contributed by atoms with van der Waals surface area (Å²) >= 11 is 0. The lowest BCUT2D eigenvalue weighted by Crippen LogP contribution is -2.41. The summed E-state index contributed by atoms with van der Waals surface area (Å²) in [6.45, 7) is 6.73. The molecule has 0 aliphatic heterocycles. The Kier molecular flexibility index (Phi) is 9.15. The average molecular weight is 386 g/mol. The first-order valence-electron chi connectivity index (χ1n) is 9.54. The second kappa shape index (κ2) is 11.9. The molecule has 2 rings (SSSR count). The molecule has 2 N–H and O–H groups in total. The minimum absolute atomic E-state index is 0.0238. The van der Waals surface area contributed by atoms with Gasteiger partial charge < -0.3 is 24.8 Å². The topological polar surface area (TPSA) is 64.1 Å². The first kappa shape index (κ1) is 21.6. The quantitative estimate of drug-likeness (QED) is 0.485. The van der Waals surface area contributed by atoms with Crippen molar-refractivity contribution in [1.29, 1.82) is 0 Å². The van der Waals surface area contributed by atoms with Crippen molar-refractivity contribution in [2.75, 3.05) is 27.3 Å². The van der Waals surface area contributed by atoms with Gasteiger partial charge in [0.15, 0.2) is 5.96 Å². The van der Waals surface area contributed by atoms with Crippen molar-refractivity contribution in [1.82, 2.24) is 10.6 Å². The molecule has 0 radical (unpaired) electrons. The van der Waals surface area contributed by atoms with Crippen LogP contribution in [0.5, 0.6) is 11.5 Å². The van der Waals surface area contributed by atoms with Crippen LogP contribution in [0.2, 0.25) is 0 Å². The fourth-order valence-corrected chi connectivity index (χ4v) is 2.61. The number of hydrogen-bond acceptors (Lipinski definition) is 4. The Morgan fingerprint density at radius 3 is 2.39 bits per heavy atom. The van der Waals surface area contributed by atoms with Gasteiger partial charge >= 0.3 is 0 Å². The Balaban J connectivity index is 1.87. The van der Waals surface area contributed by atoms with E-state index in [-0.39, 0.29) is 6.10 Å². The van der Waals surface area contributed by atoms with Gasteiger partial charge in [-0.25, -0.2) is 4.99 Å². The standard InChI is InChI=1S/C22H31N3O3/c1-5-23-22(25-15-18-9-11-19(12-10-18)16-26-3)24-14-17(2)28-21-8-6-7-20(13-21)27-4/h6-13,17H,5,14-16H2,1-4H3,(H2,23,24,25). The smallest absolute Gasteiger partial charge is 0.191 e. The Morgan fingerprint density at radius 1 is 1.00 bits per heavy atom. The van der Waals surface area contributed by atoms with Crippen LogP contribution >= 0.6 is 0 Å². The summed E-state index contributed by atoms with van der Waals surface area (Å²) in [5.41, 5.74) is 2.31. The van der Waals surface area contributed by atoms with Crippen LogP contribution in [0, 0.1) is 0 Å². The molecule has 0 saturated carbocycles. The van der Waals surface area contributed by atoms with Gasteiger partial charge in [-0.2, -0.15) is 0 Å². The highest BCUT2D eigenvalue weighted by Gasteiger charge is 2.07. The van der Waals surface area contributed by atoms with Crippen LogP contribution in [0.15, 0.2) is 53.5 Å². The summed E-state index contributed by atoms with van der Waals surface area (Å²) in [6, 6.07) is 15.9. The van der Waals surface area contributed by atoms with E-state index in [0.29, 0.717) is 19.7 Å². The number of nitrogens with one attached hydrogen (secondary N) is 2.